The van der Waals surface area contributed by atoms with Crippen LogP contribution in [0, 0.1) is 0 Å². The highest BCUT2D eigenvalue weighted by Crippen LogP contribution is 2.37. The summed E-state index contributed by atoms with van der Waals surface area (Å²) >= 11 is 23.4. The molecule has 0 fully saturated rings. The van der Waals surface area contributed by atoms with Gasteiger partial charge in [-0.3, -0.25) is 4.79 Å². The van der Waals surface area contributed by atoms with Crippen molar-refractivity contribution in [1.29, 1.82) is 0 Å². The van der Waals surface area contributed by atoms with Crippen molar-refractivity contribution in [2.45, 2.75) is 33.1 Å². The van der Waals surface area contributed by atoms with Crippen LogP contribution < -0.4 is 9.47 Å². The van der Waals surface area contributed by atoms with Gasteiger partial charge in [-0.2, -0.15) is 0 Å². The summed E-state index contributed by atoms with van der Waals surface area (Å²) in [6.07, 6.45) is 3.50. The van der Waals surface area contributed by atoms with Gasteiger partial charge in [0.1, 0.15) is 16.8 Å². The molecule has 0 atom stereocenters. The molecule has 1 rings (SSSR count). The largest absolute Gasteiger partial charge is 0.490 e. The number of hydrogen-bond acceptors (Lipinski definition) is 3. The van der Waals surface area contributed by atoms with Crippen LogP contribution in [-0.4, -0.2) is 37.1 Å². The number of carbonyl (C=O) groups excluding carboxylic acids is 1. The van der Waals surface area contributed by atoms with Gasteiger partial charge in [-0.1, -0.05) is 46.4 Å². The molecule has 0 spiro atoms. The van der Waals surface area contributed by atoms with Crippen molar-refractivity contribution in [2.75, 3.05) is 26.3 Å². The van der Waals surface area contributed by atoms with Gasteiger partial charge in [0.15, 0.2) is 5.75 Å². The second-order valence-corrected chi connectivity index (χ2v) is 7.21. The normalized spacial score (nSPS) is 10.4. The standard InChI is InChI=1S/C18H23Cl4NO3/c1-3-23(4-2)17(24)7-5-6-9-26-18-14(19)11-13(12-15(18)20)25-10-8-16(21)22/h8,11-12H,3-7,9-10H2,1-2H3. The van der Waals surface area contributed by atoms with Gasteiger partial charge in [0.2, 0.25) is 5.91 Å². The Morgan fingerprint density at radius 3 is 2.23 bits per heavy atom. The maximum atomic E-state index is 11.9. The van der Waals surface area contributed by atoms with Crippen molar-refractivity contribution in [3.8, 4) is 11.5 Å². The van der Waals surface area contributed by atoms with Gasteiger partial charge in [0.05, 0.1) is 16.7 Å². The van der Waals surface area contributed by atoms with E-state index in [-0.39, 0.29) is 17.0 Å². The van der Waals surface area contributed by atoms with E-state index in [1.807, 2.05) is 18.7 Å². The maximum Gasteiger partial charge on any atom is 0.222 e. The molecule has 1 aromatic carbocycles. The lowest BCUT2D eigenvalue weighted by Gasteiger charge is -2.18. The molecule has 146 valence electrons. The average Bonchev–Trinajstić information content (AvgIpc) is 2.57. The first-order valence-corrected chi connectivity index (χ1v) is 9.93. The number of amides is 1. The lowest BCUT2D eigenvalue weighted by atomic mass is 10.2. The Kier molecular flexibility index (Phi) is 11.2. The van der Waals surface area contributed by atoms with Gasteiger partial charge in [0, 0.05) is 31.6 Å². The van der Waals surface area contributed by atoms with Gasteiger partial charge in [0.25, 0.3) is 0 Å². The van der Waals surface area contributed by atoms with Gasteiger partial charge in [-0.05, 0) is 32.8 Å². The Labute approximate surface area is 174 Å². The number of halogens is 4. The summed E-state index contributed by atoms with van der Waals surface area (Å²) in [5.41, 5.74) is 0. The predicted octanol–water partition coefficient (Wildman–Crippen LogP) is 6.11. The zero-order valence-corrected chi connectivity index (χ0v) is 17.9. The number of benzene rings is 1. The second kappa shape index (κ2) is 12.6. The minimum absolute atomic E-state index is 0.127. The van der Waals surface area contributed by atoms with Crippen molar-refractivity contribution < 1.29 is 14.3 Å². The fraction of sp³-hybridized carbons (Fsp3) is 0.500. The van der Waals surface area contributed by atoms with E-state index in [4.69, 9.17) is 55.9 Å². The third kappa shape index (κ3) is 8.26. The third-order valence-corrected chi connectivity index (χ3v) is 4.48. The number of ether oxygens (including phenoxy) is 2. The number of hydrogen-bond donors (Lipinski definition) is 0. The van der Waals surface area contributed by atoms with Crippen LogP contribution in [0.3, 0.4) is 0 Å². The van der Waals surface area contributed by atoms with Crippen LogP contribution in [-0.2, 0) is 4.79 Å². The third-order valence-electron chi connectivity index (χ3n) is 3.61. The molecule has 0 bridgehead atoms. The molecule has 0 aliphatic carbocycles. The molecule has 0 radical (unpaired) electrons. The van der Waals surface area contributed by atoms with Gasteiger partial charge >= 0.3 is 0 Å². The first-order chi connectivity index (χ1) is 12.4. The maximum absolute atomic E-state index is 11.9. The highest BCUT2D eigenvalue weighted by atomic mass is 35.5. The van der Waals surface area contributed by atoms with E-state index in [0.29, 0.717) is 34.6 Å². The Morgan fingerprint density at radius 2 is 1.69 bits per heavy atom. The average molecular weight is 443 g/mol. The fourth-order valence-corrected chi connectivity index (χ4v) is 2.95. The molecule has 0 saturated carbocycles. The van der Waals surface area contributed by atoms with E-state index in [0.717, 1.165) is 25.9 Å². The van der Waals surface area contributed by atoms with E-state index in [1.54, 1.807) is 12.1 Å². The van der Waals surface area contributed by atoms with Crippen LogP contribution in [0.5, 0.6) is 11.5 Å². The van der Waals surface area contributed by atoms with Crippen LogP contribution in [0.4, 0.5) is 0 Å². The quantitative estimate of drug-likeness (QED) is 0.388. The summed E-state index contributed by atoms with van der Waals surface area (Å²) < 4.78 is 11.2. The molecule has 1 aromatic rings. The smallest absolute Gasteiger partial charge is 0.222 e. The summed E-state index contributed by atoms with van der Waals surface area (Å²) in [6, 6.07) is 3.23. The van der Waals surface area contributed by atoms with E-state index in [9.17, 15) is 4.79 Å². The monoisotopic (exact) mass is 441 g/mol. The molecular formula is C18H23Cl4NO3. The first-order valence-electron chi connectivity index (χ1n) is 8.42. The second-order valence-electron chi connectivity index (χ2n) is 5.39. The number of nitrogens with zero attached hydrogens (tertiary/aromatic N) is 1. The SMILES string of the molecule is CCN(CC)C(=O)CCCCOc1c(Cl)cc(OCC=C(Cl)Cl)cc1Cl. The van der Waals surface area contributed by atoms with Crippen molar-refractivity contribution >= 4 is 52.3 Å². The number of rotatable bonds is 11. The van der Waals surface area contributed by atoms with E-state index in [2.05, 4.69) is 0 Å². The molecule has 0 unspecified atom stereocenters. The summed E-state index contributed by atoms with van der Waals surface area (Å²) in [5.74, 6) is 1.06. The van der Waals surface area contributed by atoms with Crippen LogP contribution >= 0.6 is 46.4 Å². The Balaban J connectivity index is 2.45. The van der Waals surface area contributed by atoms with E-state index in [1.165, 1.54) is 6.08 Å². The molecule has 0 aliphatic heterocycles. The minimum atomic E-state index is 0.127. The van der Waals surface area contributed by atoms with Crippen LogP contribution in [0.25, 0.3) is 0 Å². The highest BCUT2D eigenvalue weighted by Gasteiger charge is 2.12. The lowest BCUT2D eigenvalue weighted by Crippen LogP contribution is -2.30. The van der Waals surface area contributed by atoms with Crippen molar-refractivity contribution in [3.05, 3.63) is 32.7 Å². The Hall–Kier alpha value is -0.810. The molecular weight excluding hydrogens is 420 g/mol. The number of unbranched alkanes of at least 4 members (excludes halogenated alkanes) is 1. The van der Waals surface area contributed by atoms with E-state index < -0.39 is 0 Å². The van der Waals surface area contributed by atoms with E-state index >= 15 is 0 Å². The summed E-state index contributed by atoms with van der Waals surface area (Å²) in [7, 11) is 0. The predicted molar refractivity (Wildman–Crippen MR) is 109 cm³/mol. The zero-order chi connectivity index (χ0) is 19.5. The Bertz CT molecular complexity index is 591. The molecule has 26 heavy (non-hydrogen) atoms. The fourth-order valence-electron chi connectivity index (χ4n) is 2.25. The topological polar surface area (TPSA) is 38.8 Å². The van der Waals surface area contributed by atoms with Crippen molar-refractivity contribution in [1.82, 2.24) is 4.90 Å². The van der Waals surface area contributed by atoms with Crippen LogP contribution in [0.1, 0.15) is 33.1 Å². The van der Waals surface area contributed by atoms with Crippen molar-refractivity contribution in [3.63, 3.8) is 0 Å². The molecule has 0 saturated heterocycles. The summed E-state index contributed by atoms with van der Waals surface area (Å²) in [4.78, 5) is 13.7. The molecule has 8 heteroatoms. The molecule has 1 amide bonds. The van der Waals surface area contributed by atoms with Crippen LogP contribution in [0.15, 0.2) is 22.7 Å². The lowest BCUT2D eigenvalue weighted by molar-refractivity contribution is -0.130. The molecule has 0 aromatic heterocycles. The summed E-state index contributed by atoms with van der Waals surface area (Å²) in [6.45, 7) is 6.05. The van der Waals surface area contributed by atoms with Gasteiger partial charge in [-0.25, -0.2) is 0 Å². The van der Waals surface area contributed by atoms with Crippen molar-refractivity contribution in [2.24, 2.45) is 0 Å². The Morgan fingerprint density at radius 1 is 1.08 bits per heavy atom. The van der Waals surface area contributed by atoms with Gasteiger partial charge < -0.3 is 14.4 Å². The molecule has 0 N–H and O–H groups in total. The zero-order valence-electron chi connectivity index (χ0n) is 14.9. The molecule has 0 heterocycles. The van der Waals surface area contributed by atoms with Gasteiger partial charge in [-0.15, -0.1) is 0 Å². The minimum Gasteiger partial charge on any atom is -0.490 e. The summed E-state index contributed by atoms with van der Waals surface area (Å²) in [5, 5.41) is 0.709. The highest BCUT2D eigenvalue weighted by molar-refractivity contribution is 6.55. The molecule has 4 nitrogen and oxygen atoms in total. The first kappa shape index (κ1) is 23.2. The molecule has 0 aliphatic rings. The van der Waals surface area contributed by atoms with Crippen LogP contribution in [0.2, 0.25) is 10.0 Å². The number of carbonyl (C=O) groups is 1.